The molecule has 0 radical (unpaired) electrons. The number of aliphatic hydroxyl groups excluding tert-OH is 2. The lowest BCUT2D eigenvalue weighted by molar-refractivity contribution is -0.127. The summed E-state index contributed by atoms with van der Waals surface area (Å²) in [5.41, 5.74) is 4.41. The third-order valence-electron chi connectivity index (χ3n) is 5.07. The summed E-state index contributed by atoms with van der Waals surface area (Å²) < 4.78 is 43.1. The van der Waals surface area contributed by atoms with Crippen LogP contribution < -0.4 is 0 Å². The molecule has 0 bridgehead atoms. The van der Waals surface area contributed by atoms with E-state index in [0.717, 1.165) is 28.7 Å². The first-order valence-corrected chi connectivity index (χ1v) is 9.48. The highest BCUT2D eigenvalue weighted by Crippen LogP contribution is 2.24. The van der Waals surface area contributed by atoms with Gasteiger partial charge in [0.05, 0.1) is 31.8 Å². The Morgan fingerprint density at radius 1 is 0.964 bits per heavy atom. The molecule has 0 aliphatic carbocycles. The van der Waals surface area contributed by atoms with E-state index in [1.807, 2.05) is 12.1 Å². The van der Waals surface area contributed by atoms with E-state index >= 15 is 0 Å². The van der Waals surface area contributed by atoms with Crippen LogP contribution in [0.25, 0.3) is 0 Å². The predicted octanol–water partition coefficient (Wildman–Crippen LogP) is 3.96. The second kappa shape index (κ2) is 9.07. The molecule has 0 aromatic heterocycles. The van der Waals surface area contributed by atoms with Crippen LogP contribution in [-0.4, -0.2) is 35.2 Å². The van der Waals surface area contributed by atoms with E-state index in [0.29, 0.717) is 25.9 Å². The Morgan fingerprint density at radius 2 is 1.64 bits per heavy atom. The number of aryl methyl sites for hydroxylation is 1. The van der Waals surface area contributed by atoms with Crippen LogP contribution in [0.4, 0.5) is 13.2 Å². The molecule has 0 spiro atoms. The van der Waals surface area contributed by atoms with Crippen molar-refractivity contribution in [3.05, 3.63) is 70.3 Å². The van der Waals surface area contributed by atoms with Crippen LogP contribution in [0, 0.1) is 0 Å². The molecule has 28 heavy (non-hydrogen) atoms. The predicted molar refractivity (Wildman–Crippen MR) is 100 cm³/mol. The lowest BCUT2D eigenvalue weighted by Crippen LogP contribution is -2.23. The maximum atomic E-state index is 12.5. The first kappa shape index (κ1) is 20.8. The van der Waals surface area contributed by atoms with E-state index in [-0.39, 0.29) is 18.3 Å². The van der Waals surface area contributed by atoms with Crippen LogP contribution in [0.5, 0.6) is 0 Å². The van der Waals surface area contributed by atoms with Gasteiger partial charge in [0.2, 0.25) is 0 Å². The van der Waals surface area contributed by atoms with E-state index < -0.39 is 18.7 Å². The molecule has 2 N–H and O–H groups in total. The third-order valence-corrected chi connectivity index (χ3v) is 5.07. The molecule has 2 aromatic rings. The van der Waals surface area contributed by atoms with Crippen LogP contribution in [-0.2, 0) is 30.6 Å². The minimum Gasteiger partial charge on any atom is -0.394 e. The van der Waals surface area contributed by atoms with E-state index in [9.17, 15) is 23.4 Å². The summed E-state index contributed by atoms with van der Waals surface area (Å²) in [6.45, 7) is 0.272. The number of alkyl halides is 3. The van der Waals surface area contributed by atoms with Crippen molar-refractivity contribution in [2.45, 2.75) is 57.1 Å². The molecule has 1 aliphatic heterocycles. The molecule has 0 saturated carbocycles. The van der Waals surface area contributed by atoms with E-state index in [2.05, 4.69) is 6.07 Å². The normalized spacial score (nSPS) is 20.8. The number of hydrogen-bond acceptors (Lipinski definition) is 3. The molecule has 2 unspecified atom stereocenters. The van der Waals surface area contributed by atoms with Gasteiger partial charge in [-0.15, -0.1) is 0 Å². The van der Waals surface area contributed by atoms with Crippen LogP contribution in [0.1, 0.15) is 40.7 Å². The maximum absolute atomic E-state index is 12.5. The average molecular weight is 394 g/mol. The summed E-state index contributed by atoms with van der Waals surface area (Å²) in [7, 11) is 0. The highest BCUT2D eigenvalue weighted by atomic mass is 19.4. The van der Waals surface area contributed by atoms with Gasteiger partial charge in [0.15, 0.2) is 0 Å². The fourth-order valence-electron chi connectivity index (χ4n) is 3.55. The Balaban J connectivity index is 1.71. The standard InChI is InChI=1S/C22H25F3O3/c23-22(24,25)12-16-3-1-15(2-4-16)9-17-5-6-19-14-28-21(13-26)11-20(27)8-7-18(19)10-17/h1-6,10,20-21,26-27H,7-9,11-14H2. The molecule has 2 aromatic carbocycles. The highest BCUT2D eigenvalue weighted by Gasteiger charge is 2.27. The van der Waals surface area contributed by atoms with E-state index in [1.165, 1.54) is 12.1 Å². The quantitative estimate of drug-likeness (QED) is 0.826. The van der Waals surface area contributed by atoms with Crippen LogP contribution in [0.2, 0.25) is 0 Å². The van der Waals surface area contributed by atoms with Crippen molar-refractivity contribution in [2.24, 2.45) is 0 Å². The molecule has 152 valence electrons. The number of ether oxygens (including phenoxy) is 1. The molecule has 2 atom stereocenters. The Hall–Kier alpha value is -1.89. The molecule has 0 fully saturated rings. The lowest BCUT2D eigenvalue weighted by atomic mass is 9.95. The second-order valence-corrected chi connectivity index (χ2v) is 7.43. The average Bonchev–Trinajstić information content (AvgIpc) is 2.71. The summed E-state index contributed by atoms with van der Waals surface area (Å²) in [5.74, 6) is 0. The van der Waals surface area contributed by atoms with E-state index in [4.69, 9.17) is 4.74 Å². The zero-order valence-electron chi connectivity index (χ0n) is 15.6. The Bertz CT molecular complexity index is 772. The fourth-order valence-corrected chi connectivity index (χ4v) is 3.55. The molecular weight excluding hydrogens is 369 g/mol. The van der Waals surface area contributed by atoms with Gasteiger partial charge < -0.3 is 14.9 Å². The first-order valence-electron chi connectivity index (χ1n) is 9.48. The van der Waals surface area contributed by atoms with Gasteiger partial charge in [0.25, 0.3) is 0 Å². The summed E-state index contributed by atoms with van der Waals surface area (Å²) in [6.07, 6.45) is -3.63. The fraction of sp³-hybridized carbons (Fsp3) is 0.455. The second-order valence-electron chi connectivity index (χ2n) is 7.43. The molecule has 3 nitrogen and oxygen atoms in total. The summed E-state index contributed by atoms with van der Waals surface area (Å²) in [5, 5.41) is 19.5. The number of hydrogen-bond donors (Lipinski definition) is 2. The number of benzene rings is 2. The Kier molecular flexibility index (Phi) is 6.75. The SMILES string of the molecule is OCC1CC(O)CCc2cc(Cc3ccc(CC(F)(F)F)cc3)ccc2CO1. The number of aliphatic hydroxyl groups is 2. The van der Waals surface area contributed by atoms with Crippen molar-refractivity contribution in [1.82, 2.24) is 0 Å². The van der Waals surface area contributed by atoms with Crippen molar-refractivity contribution < 1.29 is 28.1 Å². The lowest BCUT2D eigenvalue weighted by Gasteiger charge is -2.17. The minimum absolute atomic E-state index is 0.116. The van der Waals surface area contributed by atoms with Gasteiger partial charge in [-0.25, -0.2) is 0 Å². The smallest absolute Gasteiger partial charge is 0.393 e. The zero-order valence-corrected chi connectivity index (χ0v) is 15.6. The van der Waals surface area contributed by atoms with Gasteiger partial charge in [-0.1, -0.05) is 42.5 Å². The van der Waals surface area contributed by atoms with Crippen LogP contribution in [0.15, 0.2) is 42.5 Å². The Labute approximate surface area is 162 Å². The first-order chi connectivity index (χ1) is 13.3. The summed E-state index contributed by atoms with van der Waals surface area (Å²) >= 11 is 0. The largest absolute Gasteiger partial charge is 0.394 e. The van der Waals surface area contributed by atoms with Crippen LogP contribution >= 0.6 is 0 Å². The molecule has 3 rings (SSSR count). The molecule has 0 saturated heterocycles. The molecule has 1 aliphatic rings. The minimum atomic E-state index is -4.20. The number of fused-ring (bicyclic) bond motifs is 1. The van der Waals surface area contributed by atoms with Gasteiger partial charge >= 0.3 is 6.18 Å². The molecule has 1 heterocycles. The van der Waals surface area contributed by atoms with Gasteiger partial charge in [0.1, 0.15) is 0 Å². The van der Waals surface area contributed by atoms with Crippen molar-refractivity contribution in [1.29, 1.82) is 0 Å². The highest BCUT2D eigenvalue weighted by molar-refractivity contribution is 5.36. The van der Waals surface area contributed by atoms with Gasteiger partial charge in [-0.05, 0) is 47.1 Å². The van der Waals surface area contributed by atoms with E-state index in [1.54, 1.807) is 12.1 Å². The van der Waals surface area contributed by atoms with Crippen molar-refractivity contribution in [3.8, 4) is 0 Å². The molecular formula is C22H25F3O3. The third kappa shape index (κ3) is 6.06. The Morgan fingerprint density at radius 3 is 2.32 bits per heavy atom. The number of rotatable bonds is 4. The maximum Gasteiger partial charge on any atom is 0.393 e. The van der Waals surface area contributed by atoms with Gasteiger partial charge in [-0.3, -0.25) is 0 Å². The molecule has 6 heteroatoms. The topological polar surface area (TPSA) is 49.7 Å². The van der Waals surface area contributed by atoms with Crippen molar-refractivity contribution in [3.63, 3.8) is 0 Å². The number of halogens is 3. The summed E-state index contributed by atoms with van der Waals surface area (Å²) in [4.78, 5) is 0. The van der Waals surface area contributed by atoms with Crippen molar-refractivity contribution >= 4 is 0 Å². The summed E-state index contributed by atoms with van der Waals surface area (Å²) in [6, 6.07) is 12.6. The van der Waals surface area contributed by atoms with Crippen LogP contribution in [0.3, 0.4) is 0 Å². The monoisotopic (exact) mass is 394 g/mol. The zero-order chi connectivity index (χ0) is 20.1. The van der Waals surface area contributed by atoms with Crippen molar-refractivity contribution in [2.75, 3.05) is 6.61 Å². The molecule has 0 amide bonds. The van der Waals surface area contributed by atoms with Gasteiger partial charge in [-0.2, -0.15) is 13.2 Å². The van der Waals surface area contributed by atoms with Gasteiger partial charge in [0, 0.05) is 6.42 Å².